The fourth-order valence-corrected chi connectivity index (χ4v) is 5.34. The van der Waals surface area contributed by atoms with E-state index in [1.54, 1.807) is 0 Å². The molecule has 2 amide bonds. The molecule has 7 heteroatoms. The molecule has 28 heavy (non-hydrogen) atoms. The average Bonchev–Trinajstić information content (AvgIpc) is 3.03. The predicted octanol–water partition coefficient (Wildman–Crippen LogP) is 2.94. The molecule has 1 aromatic heterocycles. The Bertz CT molecular complexity index is 697. The molecule has 0 radical (unpaired) electrons. The maximum absolute atomic E-state index is 12.9. The van der Waals surface area contributed by atoms with Gasteiger partial charge in [-0.1, -0.05) is 0 Å². The molecule has 0 saturated carbocycles. The summed E-state index contributed by atoms with van der Waals surface area (Å²) in [5, 5.41) is 0.942. The molecular weight excluding hydrogens is 372 g/mol. The number of amides is 2. The number of carbonyl (C=O) groups is 2. The first-order chi connectivity index (χ1) is 13.3. The van der Waals surface area contributed by atoms with Gasteiger partial charge in [0.25, 0.3) is 5.91 Å². The van der Waals surface area contributed by atoms with Crippen LogP contribution in [-0.2, 0) is 4.79 Å². The van der Waals surface area contributed by atoms with Gasteiger partial charge in [-0.15, -0.1) is 11.3 Å². The summed E-state index contributed by atoms with van der Waals surface area (Å²) in [6, 6.07) is 0.380. The van der Waals surface area contributed by atoms with Crippen LogP contribution < -0.4 is 0 Å². The van der Waals surface area contributed by atoms with Crippen molar-refractivity contribution in [1.82, 2.24) is 19.7 Å². The summed E-state index contributed by atoms with van der Waals surface area (Å²) in [5.41, 5.74) is 0.838. The second-order valence-electron chi connectivity index (χ2n) is 8.48. The standard InChI is InChI=1S/C21H34N4O2S/c1-15-20(28-16(2)22-15)21(27)25-11-5-6-17(14-25)7-8-19(26)24(4)18-9-12-23(3)13-10-18/h17-18H,5-14H2,1-4H3/t17-/m0/s1. The molecule has 0 N–H and O–H groups in total. The van der Waals surface area contributed by atoms with Gasteiger partial charge in [0, 0.05) is 32.6 Å². The Balaban J connectivity index is 1.49. The number of piperidine rings is 2. The van der Waals surface area contributed by atoms with E-state index in [1.807, 2.05) is 30.7 Å². The second kappa shape index (κ2) is 9.35. The number of hydrogen-bond acceptors (Lipinski definition) is 5. The van der Waals surface area contributed by atoms with Gasteiger partial charge in [0.2, 0.25) is 5.91 Å². The molecule has 2 aliphatic heterocycles. The normalized spacial score (nSPS) is 21.7. The maximum Gasteiger partial charge on any atom is 0.265 e. The van der Waals surface area contributed by atoms with Crippen LogP contribution in [0.15, 0.2) is 0 Å². The monoisotopic (exact) mass is 406 g/mol. The van der Waals surface area contributed by atoms with E-state index in [1.165, 1.54) is 11.3 Å². The minimum absolute atomic E-state index is 0.113. The van der Waals surface area contributed by atoms with Crippen molar-refractivity contribution in [3.8, 4) is 0 Å². The summed E-state index contributed by atoms with van der Waals surface area (Å²) in [6.45, 7) is 7.57. The van der Waals surface area contributed by atoms with Gasteiger partial charge < -0.3 is 14.7 Å². The van der Waals surface area contributed by atoms with Gasteiger partial charge >= 0.3 is 0 Å². The van der Waals surface area contributed by atoms with Gasteiger partial charge in [0.1, 0.15) is 4.88 Å². The van der Waals surface area contributed by atoms with Crippen LogP contribution in [-0.4, -0.2) is 77.8 Å². The van der Waals surface area contributed by atoms with Crippen LogP contribution in [0.5, 0.6) is 0 Å². The number of likely N-dealkylation sites (tertiary alicyclic amines) is 2. The minimum atomic E-state index is 0.113. The van der Waals surface area contributed by atoms with Crippen molar-refractivity contribution in [2.75, 3.05) is 40.3 Å². The summed E-state index contributed by atoms with van der Waals surface area (Å²) in [4.78, 5) is 37.0. The summed E-state index contributed by atoms with van der Waals surface area (Å²) < 4.78 is 0. The average molecular weight is 407 g/mol. The number of aryl methyl sites for hydroxylation is 2. The molecule has 0 bridgehead atoms. The highest BCUT2D eigenvalue weighted by molar-refractivity contribution is 7.13. The number of carbonyl (C=O) groups excluding carboxylic acids is 2. The Morgan fingerprint density at radius 3 is 2.54 bits per heavy atom. The van der Waals surface area contributed by atoms with Crippen LogP contribution >= 0.6 is 11.3 Å². The van der Waals surface area contributed by atoms with Crippen molar-refractivity contribution in [1.29, 1.82) is 0 Å². The third kappa shape index (κ3) is 5.11. The van der Waals surface area contributed by atoms with E-state index in [0.29, 0.717) is 18.4 Å². The van der Waals surface area contributed by atoms with Crippen LogP contribution in [0.1, 0.15) is 58.9 Å². The van der Waals surface area contributed by atoms with E-state index in [-0.39, 0.29) is 11.8 Å². The lowest BCUT2D eigenvalue weighted by molar-refractivity contribution is -0.133. The van der Waals surface area contributed by atoms with E-state index in [0.717, 1.165) is 73.9 Å². The van der Waals surface area contributed by atoms with E-state index < -0.39 is 0 Å². The van der Waals surface area contributed by atoms with Crippen molar-refractivity contribution in [3.05, 3.63) is 15.6 Å². The van der Waals surface area contributed by atoms with Gasteiger partial charge in [0.15, 0.2) is 0 Å². The topological polar surface area (TPSA) is 56.8 Å². The molecule has 2 aliphatic rings. The molecule has 2 fully saturated rings. The van der Waals surface area contributed by atoms with E-state index in [2.05, 4.69) is 16.9 Å². The Morgan fingerprint density at radius 2 is 1.89 bits per heavy atom. The molecule has 3 heterocycles. The molecule has 1 atom stereocenters. The third-order valence-electron chi connectivity index (χ3n) is 6.30. The molecular formula is C21H34N4O2S. The molecule has 3 rings (SSSR count). The van der Waals surface area contributed by atoms with E-state index in [9.17, 15) is 9.59 Å². The highest BCUT2D eigenvalue weighted by Gasteiger charge is 2.28. The largest absolute Gasteiger partial charge is 0.343 e. The van der Waals surface area contributed by atoms with Crippen molar-refractivity contribution in [2.24, 2.45) is 5.92 Å². The Hall–Kier alpha value is -1.47. The number of hydrogen-bond donors (Lipinski definition) is 0. The lowest BCUT2D eigenvalue weighted by atomic mass is 9.92. The van der Waals surface area contributed by atoms with Crippen molar-refractivity contribution in [3.63, 3.8) is 0 Å². The zero-order chi connectivity index (χ0) is 20.3. The molecule has 6 nitrogen and oxygen atoms in total. The van der Waals surface area contributed by atoms with Crippen molar-refractivity contribution >= 4 is 23.2 Å². The third-order valence-corrected chi connectivity index (χ3v) is 7.36. The molecule has 156 valence electrons. The zero-order valence-corrected chi connectivity index (χ0v) is 18.6. The van der Waals surface area contributed by atoms with Crippen LogP contribution in [0.3, 0.4) is 0 Å². The number of aromatic nitrogens is 1. The minimum Gasteiger partial charge on any atom is -0.343 e. The molecule has 1 aromatic rings. The first-order valence-electron chi connectivity index (χ1n) is 10.5. The summed E-state index contributed by atoms with van der Waals surface area (Å²) >= 11 is 1.49. The van der Waals surface area contributed by atoms with Crippen molar-refractivity contribution < 1.29 is 9.59 Å². The Morgan fingerprint density at radius 1 is 1.18 bits per heavy atom. The summed E-state index contributed by atoms with van der Waals surface area (Å²) in [6.07, 6.45) is 5.73. The first-order valence-corrected chi connectivity index (χ1v) is 11.3. The molecule has 2 saturated heterocycles. The van der Waals surface area contributed by atoms with Crippen LogP contribution in [0.25, 0.3) is 0 Å². The highest BCUT2D eigenvalue weighted by Crippen LogP contribution is 2.26. The Labute approximate surface area is 172 Å². The Kier molecular flexibility index (Phi) is 7.10. The lowest BCUT2D eigenvalue weighted by Crippen LogP contribution is -2.44. The van der Waals surface area contributed by atoms with E-state index >= 15 is 0 Å². The summed E-state index contributed by atoms with van der Waals surface area (Å²) in [7, 11) is 4.10. The first kappa shape index (κ1) is 21.2. The van der Waals surface area contributed by atoms with Gasteiger partial charge in [0.05, 0.1) is 10.7 Å². The fraction of sp³-hybridized carbons (Fsp3) is 0.762. The SMILES string of the molecule is Cc1nc(C)c(C(=O)N2CCC[C@@H](CCC(=O)N(C)C3CCN(C)CC3)C2)s1. The van der Waals surface area contributed by atoms with Crippen LogP contribution in [0.4, 0.5) is 0 Å². The fourth-order valence-electron chi connectivity index (χ4n) is 4.45. The van der Waals surface area contributed by atoms with Gasteiger partial charge in [-0.3, -0.25) is 9.59 Å². The smallest absolute Gasteiger partial charge is 0.265 e. The van der Waals surface area contributed by atoms with Gasteiger partial charge in [-0.2, -0.15) is 0 Å². The van der Waals surface area contributed by atoms with Gasteiger partial charge in [-0.25, -0.2) is 4.98 Å². The molecule has 0 aromatic carbocycles. The summed E-state index contributed by atoms with van der Waals surface area (Å²) in [5.74, 6) is 0.788. The molecule has 0 spiro atoms. The molecule has 0 aliphatic carbocycles. The predicted molar refractivity (Wildman–Crippen MR) is 113 cm³/mol. The maximum atomic E-state index is 12.9. The second-order valence-corrected chi connectivity index (χ2v) is 9.69. The van der Waals surface area contributed by atoms with Gasteiger partial charge in [-0.05, 0) is 72.0 Å². The quantitative estimate of drug-likeness (QED) is 0.754. The van der Waals surface area contributed by atoms with Crippen molar-refractivity contribution in [2.45, 2.75) is 58.4 Å². The number of rotatable bonds is 5. The highest BCUT2D eigenvalue weighted by atomic mass is 32.1. The molecule has 0 unspecified atom stereocenters. The van der Waals surface area contributed by atoms with Crippen LogP contribution in [0.2, 0.25) is 0 Å². The zero-order valence-electron chi connectivity index (χ0n) is 17.7. The number of thiazole rings is 1. The number of nitrogens with zero attached hydrogens (tertiary/aromatic N) is 4. The lowest BCUT2D eigenvalue weighted by Gasteiger charge is -2.36. The van der Waals surface area contributed by atoms with Crippen LogP contribution in [0, 0.1) is 19.8 Å². The van der Waals surface area contributed by atoms with E-state index in [4.69, 9.17) is 0 Å².